The summed E-state index contributed by atoms with van der Waals surface area (Å²) in [4.78, 5) is 53.2. The van der Waals surface area contributed by atoms with Gasteiger partial charge in [-0.2, -0.15) is 0 Å². The Morgan fingerprint density at radius 1 is 0.480 bits per heavy atom. The Hall–Kier alpha value is -10.1. The Morgan fingerprint density at radius 2 is 0.882 bits per heavy atom. The molecule has 4 N–H and O–H groups in total. The van der Waals surface area contributed by atoms with Crippen LogP contribution in [0.2, 0.25) is 0 Å². The molecule has 3 saturated carbocycles. The first kappa shape index (κ1) is 69.0. The molecule has 28 heteroatoms. The first-order valence-corrected chi connectivity index (χ1v) is 35.3. The maximum atomic E-state index is 15.2. The molecule has 3 aliphatic carbocycles. The molecule has 102 heavy (non-hydrogen) atoms. The fourth-order valence-electron chi connectivity index (χ4n) is 12.7. The molecule has 0 bridgehead atoms. The Morgan fingerprint density at radius 3 is 1.31 bits per heavy atom. The molecular weight excluding hydrogens is 1370 g/mol. The maximum absolute atomic E-state index is 15.2. The van der Waals surface area contributed by atoms with Gasteiger partial charge < -0.3 is 53.2 Å². The number of aliphatic hydroxyl groups is 3. The lowest BCUT2D eigenvalue weighted by Crippen LogP contribution is -2.32. The van der Waals surface area contributed by atoms with Gasteiger partial charge >= 0.3 is 6.09 Å². The zero-order valence-corrected chi connectivity index (χ0v) is 58.1. The smallest absolute Gasteiger partial charge is 0.412 e. The summed E-state index contributed by atoms with van der Waals surface area (Å²) in [6, 6.07) is 29.2. The van der Waals surface area contributed by atoms with Crippen LogP contribution in [0.1, 0.15) is 74.5 Å². The maximum Gasteiger partial charge on any atom is 0.412 e. The lowest BCUT2D eigenvalue weighted by molar-refractivity contribution is 0.0213. The molecule has 13 aromatic rings. The van der Waals surface area contributed by atoms with Gasteiger partial charge in [0.25, 0.3) is 0 Å². The molecule has 0 aliphatic heterocycles. The van der Waals surface area contributed by atoms with Gasteiger partial charge in [-0.1, -0.05) is 18.2 Å². The number of carbonyl (C=O) groups is 1. The monoisotopic (exact) mass is 1440 g/mol. The summed E-state index contributed by atoms with van der Waals surface area (Å²) in [7, 11) is 6.26. The van der Waals surface area contributed by atoms with Crippen molar-refractivity contribution in [3.63, 3.8) is 0 Å². The van der Waals surface area contributed by atoms with E-state index in [0.717, 1.165) is 68.7 Å². The fraction of sp³-hybridized carbons (Fsp3) is 0.297. The minimum atomic E-state index is -0.576. The van der Waals surface area contributed by atoms with Crippen molar-refractivity contribution in [3.05, 3.63) is 156 Å². The number of aryl methyl sites for hydroxylation is 1. The van der Waals surface area contributed by atoms with Crippen molar-refractivity contribution in [1.82, 2.24) is 44.9 Å². The number of benzene rings is 7. The number of aromatic nitrogens is 9. The van der Waals surface area contributed by atoms with Crippen LogP contribution in [0.25, 0.3) is 95.5 Å². The van der Waals surface area contributed by atoms with Crippen molar-refractivity contribution in [1.29, 1.82) is 0 Å². The van der Waals surface area contributed by atoms with Crippen molar-refractivity contribution in [2.45, 2.75) is 115 Å². The van der Waals surface area contributed by atoms with Crippen LogP contribution in [-0.2, 0) is 22.7 Å². The van der Waals surface area contributed by atoms with Gasteiger partial charge in [0.1, 0.15) is 39.4 Å². The van der Waals surface area contributed by atoms with Gasteiger partial charge in [-0.15, -0.1) is 34.0 Å². The second kappa shape index (κ2) is 30.2. The number of carbonyl (C=O) groups excluding carboxylic acids is 1. The molecule has 524 valence electrons. The Balaban J connectivity index is 0.000000131. The highest BCUT2D eigenvalue weighted by atomic mass is 32.1. The fourth-order valence-corrected chi connectivity index (χ4v) is 15.7. The summed E-state index contributed by atoms with van der Waals surface area (Å²) >= 11 is 4.21. The van der Waals surface area contributed by atoms with Crippen LogP contribution in [0.3, 0.4) is 0 Å². The predicted octanol–water partition coefficient (Wildman–Crippen LogP) is 15.2. The van der Waals surface area contributed by atoms with Crippen LogP contribution in [-0.4, -0.2) is 131 Å². The molecule has 22 nitrogen and oxygen atoms in total. The second-order valence-corrected chi connectivity index (χ2v) is 27.7. The Bertz CT molecular complexity index is 5260. The second-order valence-electron chi connectivity index (χ2n) is 24.6. The number of thiazole rings is 3. The van der Waals surface area contributed by atoms with E-state index in [9.17, 15) is 28.9 Å². The average Bonchev–Trinajstić information content (AvgIpc) is 1.56. The van der Waals surface area contributed by atoms with E-state index in [4.69, 9.17) is 37.9 Å². The largest absolute Gasteiger partial charge is 0.485 e. The number of aliphatic hydroxyl groups excluding tert-OH is 3. The number of nitrogens with zero attached hydrogens (tertiary/aromatic N) is 9. The standard InChI is InChI=1S/C29H25FN4O5S.C23H22FN3O3S.C22H20FN3O4S/c1-37-26-14-31-27-18(10-16(15-35)11-21(27)33-26)28-34-20-12-19(30)24(13-25(20)40-28)38-22-8-5-9-23(22)39-29(36)32-17-6-3-2-4-7-17;1-12-7-13(22-16(8-12)26-21(29-3)11-25-22)23-27-15-9-14(24)19(10-20(15)31-23)30-18-6-4-5-17(18)28-2;1-29-20-9-24-21-12(5-11(10-27)6-15(21)25-20)22-26-14-7-13(23)18(8-19(14)31-22)30-17-4-2-3-16(17)28/h2-4,6-7,10-14,22-23,35H,5,8-9,15H2,1H3,(H,32,36);7-11,17-18H,4-6H2,1-3H3;5-9,16-17,27-28H,2-4,10H2,1H3/t22-,23+;17-,18-;16-,17-/m111/s1. The molecule has 0 spiro atoms. The highest BCUT2D eigenvalue weighted by Gasteiger charge is 2.35. The van der Waals surface area contributed by atoms with Gasteiger partial charge in [0, 0.05) is 65.9 Å². The van der Waals surface area contributed by atoms with Crippen molar-refractivity contribution < 1.29 is 71.2 Å². The molecule has 3 aliphatic rings. The van der Waals surface area contributed by atoms with Crippen molar-refractivity contribution in [3.8, 4) is 66.6 Å². The first-order chi connectivity index (χ1) is 49.6. The molecule has 0 radical (unpaired) electrons. The zero-order chi connectivity index (χ0) is 70.7. The lowest BCUT2D eigenvalue weighted by atomic mass is 10.1. The summed E-state index contributed by atoms with van der Waals surface area (Å²) in [6.07, 6.45) is 9.08. The van der Waals surface area contributed by atoms with E-state index in [1.807, 2.05) is 43.3 Å². The number of hydrogen-bond donors (Lipinski definition) is 4. The van der Waals surface area contributed by atoms with Gasteiger partial charge in [-0.25, -0.2) is 62.8 Å². The van der Waals surface area contributed by atoms with Gasteiger partial charge in [0.15, 0.2) is 34.7 Å². The average molecular weight is 1440 g/mol. The number of halogens is 3. The number of anilines is 1. The van der Waals surface area contributed by atoms with Crippen LogP contribution in [0.4, 0.5) is 23.7 Å². The summed E-state index contributed by atoms with van der Waals surface area (Å²) < 4.78 is 91.4. The highest BCUT2D eigenvalue weighted by Crippen LogP contribution is 2.43. The molecule has 1 amide bonds. The molecule has 6 aromatic heterocycles. The lowest BCUT2D eigenvalue weighted by Gasteiger charge is -2.22. The molecule has 16 rings (SSSR count). The minimum absolute atomic E-state index is 0.00124. The first-order valence-electron chi connectivity index (χ1n) is 32.9. The molecule has 6 atom stereocenters. The van der Waals surface area contributed by atoms with Crippen LogP contribution in [0.15, 0.2) is 122 Å². The van der Waals surface area contributed by atoms with Gasteiger partial charge in [-0.05, 0) is 130 Å². The normalized spacial score (nSPS) is 18.0. The van der Waals surface area contributed by atoms with E-state index in [1.54, 1.807) is 68.9 Å². The molecule has 3 fully saturated rings. The van der Waals surface area contributed by atoms with Crippen LogP contribution in [0, 0.1) is 24.4 Å². The van der Waals surface area contributed by atoms with Gasteiger partial charge in [0.2, 0.25) is 17.6 Å². The topological polar surface area (TPSA) is 280 Å². The molecular formula is C74H67F3N10O12S3. The van der Waals surface area contributed by atoms with Gasteiger partial charge in [-0.3, -0.25) is 5.32 Å². The number of methoxy groups -OCH3 is 4. The Kier molecular flexibility index (Phi) is 20.5. The summed E-state index contributed by atoms with van der Waals surface area (Å²) in [5, 5.41) is 34.2. The molecule has 0 unspecified atom stereocenters. The minimum Gasteiger partial charge on any atom is -0.485 e. The van der Waals surface area contributed by atoms with E-state index in [-0.39, 0.29) is 42.7 Å². The van der Waals surface area contributed by atoms with E-state index >= 15 is 4.39 Å². The third-order valence-electron chi connectivity index (χ3n) is 17.8. The van der Waals surface area contributed by atoms with E-state index in [0.29, 0.717) is 125 Å². The number of amides is 1. The van der Waals surface area contributed by atoms with Crippen molar-refractivity contribution >= 4 is 110 Å². The number of rotatable bonds is 17. The quantitative estimate of drug-likeness (QED) is 0.0659. The molecule has 6 heterocycles. The number of nitrogens with one attached hydrogen (secondary N) is 1. The molecule has 0 saturated heterocycles. The summed E-state index contributed by atoms with van der Waals surface area (Å²) in [5.74, 6) is 0.143. The summed E-state index contributed by atoms with van der Waals surface area (Å²) in [6.45, 7) is 1.65. The van der Waals surface area contributed by atoms with Gasteiger partial charge in [0.05, 0.1) is 129 Å². The van der Waals surface area contributed by atoms with E-state index < -0.39 is 48.0 Å². The van der Waals surface area contributed by atoms with Crippen molar-refractivity contribution in [2.75, 3.05) is 33.8 Å². The van der Waals surface area contributed by atoms with E-state index in [2.05, 4.69) is 50.2 Å². The van der Waals surface area contributed by atoms with E-state index in [1.165, 1.54) is 78.8 Å². The number of hydrogen-bond acceptors (Lipinski definition) is 24. The SMILES string of the molecule is COc1cnc2c(-c3nc4cc(F)c(O[C@@H]5CCC[C@@H]5OC(=O)Nc5ccccc5)cc4s3)cc(CO)cc2n1.COc1cnc2c(-c3nc4cc(F)c(O[C@@H]5CCC[C@H]5O)cc4s3)cc(CO)cc2n1.COc1cnc2c(-c3nc4cc(F)c(O[C@@H]5CCC[C@H]5OC)cc4s3)cc(C)cc2n1. The van der Waals surface area contributed by atoms with Crippen LogP contribution >= 0.6 is 34.0 Å². The predicted molar refractivity (Wildman–Crippen MR) is 383 cm³/mol. The number of para-hydroxylation sites is 1. The van der Waals surface area contributed by atoms with Crippen LogP contribution in [0.5, 0.6) is 34.9 Å². The van der Waals surface area contributed by atoms with Crippen molar-refractivity contribution in [2.24, 2.45) is 0 Å². The highest BCUT2D eigenvalue weighted by molar-refractivity contribution is 7.22. The number of fused-ring (bicyclic) bond motifs is 6. The van der Waals surface area contributed by atoms with Crippen LogP contribution < -0.4 is 33.7 Å². The number of ether oxygens (including phenoxy) is 8. The zero-order valence-electron chi connectivity index (χ0n) is 55.7. The Labute approximate surface area is 593 Å². The molecule has 7 aromatic carbocycles. The third-order valence-corrected chi connectivity index (χ3v) is 20.9. The summed E-state index contributed by atoms with van der Waals surface area (Å²) in [5.41, 5.74) is 10.6. The third kappa shape index (κ3) is 14.8.